The highest BCUT2D eigenvalue weighted by atomic mass is 16.3. The zero-order valence-corrected chi connectivity index (χ0v) is 15.4. The van der Waals surface area contributed by atoms with Crippen LogP contribution in [0.5, 0.6) is 5.75 Å². The van der Waals surface area contributed by atoms with Crippen LogP contribution in [0, 0.1) is 0 Å². The molecule has 0 aliphatic heterocycles. The molecule has 0 spiro atoms. The Morgan fingerprint density at radius 3 is 2.04 bits per heavy atom. The lowest BCUT2D eigenvalue weighted by atomic mass is 10.0. The summed E-state index contributed by atoms with van der Waals surface area (Å²) in [7, 11) is 0. The van der Waals surface area contributed by atoms with E-state index in [2.05, 4.69) is 48.6 Å². The van der Waals surface area contributed by atoms with Crippen LogP contribution < -0.4 is 0 Å². The highest BCUT2D eigenvalue weighted by Crippen LogP contribution is 2.14. The van der Waals surface area contributed by atoms with E-state index in [0.29, 0.717) is 5.75 Å². The molecular formula is C24H32O. The first-order valence-corrected chi connectivity index (χ1v) is 9.81. The van der Waals surface area contributed by atoms with Crippen molar-refractivity contribution >= 4 is 0 Å². The van der Waals surface area contributed by atoms with Crippen LogP contribution in [0.1, 0.15) is 62.5 Å². The first-order chi connectivity index (χ1) is 12.3. The number of unbranched alkanes of at least 4 members (excludes halogenated alkanes) is 6. The summed E-state index contributed by atoms with van der Waals surface area (Å²) in [5, 5.41) is 9.44. The number of allylic oxidation sites excluding steroid dienone is 2. The van der Waals surface area contributed by atoms with Crippen LogP contribution in [0.25, 0.3) is 0 Å². The molecule has 1 nitrogen and oxygen atoms in total. The van der Waals surface area contributed by atoms with Crippen LogP contribution >= 0.6 is 0 Å². The number of hydrogen-bond acceptors (Lipinski definition) is 1. The molecule has 134 valence electrons. The molecule has 0 atom stereocenters. The molecule has 0 saturated heterocycles. The van der Waals surface area contributed by atoms with E-state index in [1.165, 1.54) is 68.9 Å². The summed E-state index contributed by atoms with van der Waals surface area (Å²) in [6.07, 6.45) is 17.1. The SMILES string of the molecule is Oc1cccc(CCCCCCC/C=C\CCCc2ccccc2)c1. The van der Waals surface area contributed by atoms with Gasteiger partial charge < -0.3 is 5.11 Å². The molecule has 1 N–H and O–H groups in total. The van der Waals surface area contributed by atoms with E-state index in [-0.39, 0.29) is 0 Å². The quantitative estimate of drug-likeness (QED) is 0.332. The van der Waals surface area contributed by atoms with Gasteiger partial charge in [0.25, 0.3) is 0 Å². The van der Waals surface area contributed by atoms with Crippen LogP contribution in [0.15, 0.2) is 66.7 Å². The van der Waals surface area contributed by atoms with E-state index in [9.17, 15) is 5.11 Å². The van der Waals surface area contributed by atoms with Crippen molar-refractivity contribution in [1.29, 1.82) is 0 Å². The monoisotopic (exact) mass is 336 g/mol. The maximum Gasteiger partial charge on any atom is 0.115 e. The highest BCUT2D eigenvalue weighted by Gasteiger charge is 1.95. The fourth-order valence-electron chi connectivity index (χ4n) is 3.14. The maximum atomic E-state index is 9.44. The normalized spacial score (nSPS) is 11.2. The maximum absolute atomic E-state index is 9.44. The lowest BCUT2D eigenvalue weighted by Crippen LogP contribution is -1.86. The first-order valence-electron chi connectivity index (χ1n) is 9.81. The molecule has 2 rings (SSSR count). The molecule has 0 heterocycles. The van der Waals surface area contributed by atoms with Crippen LogP contribution in [0.4, 0.5) is 0 Å². The van der Waals surface area contributed by atoms with Gasteiger partial charge in [-0.2, -0.15) is 0 Å². The molecule has 0 radical (unpaired) electrons. The van der Waals surface area contributed by atoms with Crippen molar-refractivity contribution in [1.82, 2.24) is 0 Å². The summed E-state index contributed by atoms with van der Waals surface area (Å²) in [4.78, 5) is 0. The van der Waals surface area contributed by atoms with Crippen LogP contribution in [0.2, 0.25) is 0 Å². The Hall–Kier alpha value is -2.02. The summed E-state index contributed by atoms with van der Waals surface area (Å²) < 4.78 is 0. The van der Waals surface area contributed by atoms with E-state index >= 15 is 0 Å². The number of rotatable bonds is 12. The first kappa shape index (κ1) is 19.3. The van der Waals surface area contributed by atoms with Gasteiger partial charge in [-0.3, -0.25) is 0 Å². The van der Waals surface area contributed by atoms with Gasteiger partial charge in [0.1, 0.15) is 5.75 Å². The molecule has 0 aliphatic carbocycles. The van der Waals surface area contributed by atoms with E-state index in [0.717, 1.165) is 6.42 Å². The van der Waals surface area contributed by atoms with E-state index in [1.807, 2.05) is 12.1 Å². The fourth-order valence-corrected chi connectivity index (χ4v) is 3.14. The predicted molar refractivity (Wildman–Crippen MR) is 108 cm³/mol. The van der Waals surface area contributed by atoms with Crippen molar-refractivity contribution in [3.8, 4) is 5.75 Å². The van der Waals surface area contributed by atoms with Crippen molar-refractivity contribution in [3.05, 3.63) is 77.9 Å². The van der Waals surface area contributed by atoms with Gasteiger partial charge in [0, 0.05) is 0 Å². The summed E-state index contributed by atoms with van der Waals surface area (Å²) in [6, 6.07) is 18.4. The Kier molecular flexibility index (Phi) is 9.54. The Morgan fingerprint density at radius 2 is 1.24 bits per heavy atom. The molecule has 0 saturated carbocycles. The van der Waals surface area contributed by atoms with Gasteiger partial charge in [-0.25, -0.2) is 0 Å². The third-order valence-corrected chi connectivity index (χ3v) is 4.59. The topological polar surface area (TPSA) is 20.2 Å². The van der Waals surface area contributed by atoms with Crippen molar-refractivity contribution in [2.24, 2.45) is 0 Å². The number of phenols is 1. The average molecular weight is 337 g/mol. The summed E-state index contributed by atoms with van der Waals surface area (Å²) in [6.45, 7) is 0. The van der Waals surface area contributed by atoms with Gasteiger partial charge in [-0.05, 0) is 68.2 Å². The summed E-state index contributed by atoms with van der Waals surface area (Å²) in [5.41, 5.74) is 2.69. The summed E-state index contributed by atoms with van der Waals surface area (Å²) >= 11 is 0. The Labute approximate surface area is 153 Å². The number of phenolic OH excluding ortho intramolecular Hbond substituents is 1. The van der Waals surface area contributed by atoms with Crippen LogP contribution in [-0.2, 0) is 12.8 Å². The molecular weight excluding hydrogens is 304 g/mol. The van der Waals surface area contributed by atoms with Gasteiger partial charge in [-0.15, -0.1) is 0 Å². The standard InChI is InChI=1S/C24H32O/c25-24-20-14-19-23(21-24)18-11-8-6-4-2-1-3-5-7-10-15-22-16-12-9-13-17-22/h3,5,9,12-14,16-17,19-21,25H,1-2,4,6-8,10-11,15,18H2/b5-3-. The molecule has 0 aliphatic rings. The van der Waals surface area contributed by atoms with E-state index in [4.69, 9.17) is 0 Å². The van der Waals surface area contributed by atoms with Gasteiger partial charge in [0.05, 0.1) is 0 Å². The zero-order valence-electron chi connectivity index (χ0n) is 15.4. The van der Waals surface area contributed by atoms with Crippen molar-refractivity contribution in [2.75, 3.05) is 0 Å². The lowest BCUT2D eigenvalue weighted by molar-refractivity contribution is 0.474. The molecule has 0 unspecified atom stereocenters. The van der Waals surface area contributed by atoms with Crippen LogP contribution in [-0.4, -0.2) is 5.11 Å². The smallest absolute Gasteiger partial charge is 0.115 e. The Morgan fingerprint density at radius 1 is 0.600 bits per heavy atom. The minimum Gasteiger partial charge on any atom is -0.508 e. The van der Waals surface area contributed by atoms with Gasteiger partial charge >= 0.3 is 0 Å². The fraction of sp³-hybridized carbons (Fsp3) is 0.417. The Balaban J connectivity index is 1.39. The number of aromatic hydroxyl groups is 1. The molecule has 0 amide bonds. The average Bonchev–Trinajstić information content (AvgIpc) is 2.63. The van der Waals surface area contributed by atoms with Crippen molar-refractivity contribution < 1.29 is 5.11 Å². The summed E-state index contributed by atoms with van der Waals surface area (Å²) in [5.74, 6) is 0.382. The molecule has 25 heavy (non-hydrogen) atoms. The molecule has 2 aromatic rings. The second-order valence-electron chi connectivity index (χ2n) is 6.83. The third-order valence-electron chi connectivity index (χ3n) is 4.59. The highest BCUT2D eigenvalue weighted by molar-refractivity contribution is 5.27. The van der Waals surface area contributed by atoms with E-state index < -0.39 is 0 Å². The van der Waals surface area contributed by atoms with Crippen molar-refractivity contribution in [3.63, 3.8) is 0 Å². The Bertz CT molecular complexity index is 601. The predicted octanol–water partition coefficient (Wildman–Crippen LogP) is 6.85. The third kappa shape index (κ3) is 9.14. The van der Waals surface area contributed by atoms with Crippen molar-refractivity contribution in [2.45, 2.75) is 64.2 Å². The molecule has 2 aromatic carbocycles. The zero-order chi connectivity index (χ0) is 17.6. The minimum atomic E-state index is 0.382. The second-order valence-corrected chi connectivity index (χ2v) is 6.83. The lowest BCUT2D eigenvalue weighted by Gasteiger charge is -2.02. The van der Waals surface area contributed by atoms with Gasteiger partial charge in [0.2, 0.25) is 0 Å². The van der Waals surface area contributed by atoms with Gasteiger partial charge in [-0.1, -0.05) is 73.9 Å². The molecule has 0 fully saturated rings. The molecule has 1 heteroatoms. The van der Waals surface area contributed by atoms with Gasteiger partial charge in [0.15, 0.2) is 0 Å². The van der Waals surface area contributed by atoms with E-state index in [1.54, 1.807) is 6.07 Å². The number of benzene rings is 2. The minimum absolute atomic E-state index is 0.382. The second kappa shape index (κ2) is 12.4. The van der Waals surface area contributed by atoms with Crippen LogP contribution in [0.3, 0.4) is 0 Å². The molecule has 0 bridgehead atoms. The largest absolute Gasteiger partial charge is 0.508 e. The number of hydrogen-bond donors (Lipinski definition) is 1. The molecule has 0 aromatic heterocycles. The number of aryl methyl sites for hydroxylation is 2.